The molecule has 1 nitrogen and oxygen atoms in total. The van der Waals surface area contributed by atoms with E-state index in [9.17, 15) is 0 Å². The highest BCUT2D eigenvalue weighted by Gasteiger charge is 2.32. The van der Waals surface area contributed by atoms with Crippen LogP contribution < -0.4 is 5.32 Å². The van der Waals surface area contributed by atoms with Gasteiger partial charge in [0.25, 0.3) is 0 Å². The SMILES string of the molecule is CCCCC(CC)C(C)NC(C)C1CCC1C. The summed E-state index contributed by atoms with van der Waals surface area (Å²) in [5.74, 6) is 2.74. The smallest absolute Gasteiger partial charge is 0.00721 e. The van der Waals surface area contributed by atoms with Gasteiger partial charge in [0.1, 0.15) is 0 Å². The van der Waals surface area contributed by atoms with E-state index in [1.54, 1.807) is 0 Å². The third kappa shape index (κ3) is 4.28. The molecular formula is C16H33N. The minimum absolute atomic E-state index is 0.689. The second-order valence-corrected chi connectivity index (χ2v) is 6.27. The van der Waals surface area contributed by atoms with E-state index in [-0.39, 0.29) is 0 Å². The zero-order valence-corrected chi connectivity index (χ0v) is 12.6. The van der Waals surface area contributed by atoms with Gasteiger partial charge in [-0.1, -0.05) is 46.5 Å². The van der Waals surface area contributed by atoms with Crippen LogP contribution in [-0.2, 0) is 0 Å². The Kier molecular flexibility index (Phi) is 6.54. The average Bonchev–Trinajstić information content (AvgIpc) is 2.27. The van der Waals surface area contributed by atoms with Gasteiger partial charge < -0.3 is 5.32 Å². The maximum Gasteiger partial charge on any atom is 0.00721 e. The Morgan fingerprint density at radius 2 is 1.88 bits per heavy atom. The molecule has 0 radical (unpaired) electrons. The molecule has 5 unspecified atom stereocenters. The summed E-state index contributed by atoms with van der Waals surface area (Å²) in [6, 6.07) is 1.40. The van der Waals surface area contributed by atoms with Crippen LogP contribution in [0.15, 0.2) is 0 Å². The summed E-state index contributed by atoms with van der Waals surface area (Å²) in [6.45, 7) is 11.8. The van der Waals surface area contributed by atoms with Crippen molar-refractivity contribution in [2.45, 2.75) is 85.2 Å². The lowest BCUT2D eigenvalue weighted by atomic mass is 9.71. The van der Waals surface area contributed by atoms with Crippen LogP contribution in [0.4, 0.5) is 0 Å². The molecule has 0 aliphatic heterocycles. The fourth-order valence-corrected chi connectivity index (χ4v) is 3.38. The molecule has 0 aromatic rings. The van der Waals surface area contributed by atoms with E-state index in [1.165, 1.54) is 38.5 Å². The van der Waals surface area contributed by atoms with E-state index in [4.69, 9.17) is 0 Å². The molecule has 1 N–H and O–H groups in total. The summed E-state index contributed by atoms with van der Waals surface area (Å²) in [4.78, 5) is 0. The lowest BCUT2D eigenvalue weighted by molar-refractivity contribution is 0.133. The third-order valence-electron chi connectivity index (χ3n) is 5.01. The standard InChI is InChI=1S/C16H33N/c1-6-8-9-15(7-2)13(4)17-14(5)16-11-10-12(16)3/h12-17H,6-11H2,1-5H3. The van der Waals surface area contributed by atoms with Crippen molar-refractivity contribution in [1.82, 2.24) is 5.32 Å². The first-order chi connectivity index (χ1) is 8.10. The molecule has 102 valence electrons. The van der Waals surface area contributed by atoms with Gasteiger partial charge in [-0.15, -0.1) is 0 Å². The average molecular weight is 239 g/mol. The lowest BCUT2D eigenvalue weighted by Gasteiger charge is -2.41. The van der Waals surface area contributed by atoms with Gasteiger partial charge in [-0.05, 0) is 44.4 Å². The van der Waals surface area contributed by atoms with Crippen molar-refractivity contribution in [2.24, 2.45) is 17.8 Å². The molecule has 0 heterocycles. The van der Waals surface area contributed by atoms with Crippen molar-refractivity contribution in [3.63, 3.8) is 0 Å². The topological polar surface area (TPSA) is 12.0 Å². The Bertz CT molecular complexity index is 202. The van der Waals surface area contributed by atoms with Crippen LogP contribution in [0.5, 0.6) is 0 Å². The molecule has 1 aliphatic rings. The first-order valence-electron chi connectivity index (χ1n) is 7.86. The zero-order valence-electron chi connectivity index (χ0n) is 12.6. The van der Waals surface area contributed by atoms with Gasteiger partial charge in [-0.2, -0.15) is 0 Å². The zero-order chi connectivity index (χ0) is 12.8. The second-order valence-electron chi connectivity index (χ2n) is 6.27. The van der Waals surface area contributed by atoms with Crippen molar-refractivity contribution >= 4 is 0 Å². The van der Waals surface area contributed by atoms with Gasteiger partial charge in [0.15, 0.2) is 0 Å². The molecule has 0 aromatic carbocycles. The maximum absolute atomic E-state index is 3.87. The van der Waals surface area contributed by atoms with Crippen LogP contribution in [0, 0.1) is 17.8 Å². The lowest BCUT2D eigenvalue weighted by Crippen LogP contribution is -2.47. The summed E-state index contributed by atoms with van der Waals surface area (Å²) in [5, 5.41) is 3.87. The molecule has 0 amide bonds. The number of nitrogens with one attached hydrogen (secondary N) is 1. The van der Waals surface area contributed by atoms with Gasteiger partial charge in [0.05, 0.1) is 0 Å². The van der Waals surface area contributed by atoms with Gasteiger partial charge in [0, 0.05) is 12.1 Å². The summed E-state index contributed by atoms with van der Waals surface area (Å²) in [5.41, 5.74) is 0. The Morgan fingerprint density at radius 1 is 1.18 bits per heavy atom. The van der Waals surface area contributed by atoms with E-state index < -0.39 is 0 Å². The van der Waals surface area contributed by atoms with Crippen LogP contribution >= 0.6 is 0 Å². The van der Waals surface area contributed by atoms with Crippen molar-refractivity contribution in [1.29, 1.82) is 0 Å². The molecular weight excluding hydrogens is 206 g/mol. The number of rotatable bonds is 8. The molecule has 1 fully saturated rings. The van der Waals surface area contributed by atoms with Crippen molar-refractivity contribution in [2.75, 3.05) is 0 Å². The van der Waals surface area contributed by atoms with Crippen LogP contribution in [0.2, 0.25) is 0 Å². The van der Waals surface area contributed by atoms with E-state index in [0.717, 1.165) is 17.8 Å². The summed E-state index contributed by atoms with van der Waals surface area (Å²) in [7, 11) is 0. The minimum Gasteiger partial charge on any atom is -0.311 e. The molecule has 0 spiro atoms. The van der Waals surface area contributed by atoms with E-state index in [1.807, 2.05) is 0 Å². The summed E-state index contributed by atoms with van der Waals surface area (Å²) < 4.78 is 0. The molecule has 0 aromatic heterocycles. The summed E-state index contributed by atoms with van der Waals surface area (Å²) >= 11 is 0. The number of unbranched alkanes of at least 4 members (excludes halogenated alkanes) is 1. The normalized spacial score (nSPS) is 29.5. The fourth-order valence-electron chi connectivity index (χ4n) is 3.38. The van der Waals surface area contributed by atoms with Crippen molar-refractivity contribution in [3.8, 4) is 0 Å². The van der Waals surface area contributed by atoms with Gasteiger partial charge in [0.2, 0.25) is 0 Å². The Labute approximate surface area is 109 Å². The summed E-state index contributed by atoms with van der Waals surface area (Å²) in [6.07, 6.45) is 8.32. The third-order valence-corrected chi connectivity index (χ3v) is 5.01. The largest absolute Gasteiger partial charge is 0.311 e. The quantitative estimate of drug-likeness (QED) is 0.652. The maximum atomic E-state index is 3.87. The molecule has 17 heavy (non-hydrogen) atoms. The highest BCUT2D eigenvalue weighted by molar-refractivity contribution is 4.87. The molecule has 0 saturated heterocycles. The Hall–Kier alpha value is -0.0400. The van der Waals surface area contributed by atoms with Crippen molar-refractivity contribution < 1.29 is 0 Å². The molecule has 5 atom stereocenters. The van der Waals surface area contributed by atoms with Crippen LogP contribution in [-0.4, -0.2) is 12.1 Å². The van der Waals surface area contributed by atoms with Crippen LogP contribution in [0.25, 0.3) is 0 Å². The molecule has 1 rings (SSSR count). The predicted octanol–water partition coefficient (Wildman–Crippen LogP) is 4.62. The van der Waals surface area contributed by atoms with Gasteiger partial charge in [-0.25, -0.2) is 0 Å². The molecule has 0 bridgehead atoms. The Morgan fingerprint density at radius 3 is 2.29 bits per heavy atom. The van der Waals surface area contributed by atoms with E-state index in [0.29, 0.717) is 12.1 Å². The van der Waals surface area contributed by atoms with Gasteiger partial charge in [-0.3, -0.25) is 0 Å². The number of hydrogen-bond acceptors (Lipinski definition) is 1. The molecule has 1 heteroatoms. The predicted molar refractivity (Wildman–Crippen MR) is 77.3 cm³/mol. The van der Waals surface area contributed by atoms with E-state index >= 15 is 0 Å². The van der Waals surface area contributed by atoms with Crippen molar-refractivity contribution in [3.05, 3.63) is 0 Å². The first kappa shape index (κ1) is 15.0. The van der Waals surface area contributed by atoms with Gasteiger partial charge >= 0.3 is 0 Å². The minimum atomic E-state index is 0.689. The van der Waals surface area contributed by atoms with Crippen LogP contribution in [0.1, 0.15) is 73.1 Å². The highest BCUT2D eigenvalue weighted by Crippen LogP contribution is 2.36. The number of hydrogen-bond donors (Lipinski definition) is 1. The van der Waals surface area contributed by atoms with Crippen LogP contribution in [0.3, 0.4) is 0 Å². The highest BCUT2D eigenvalue weighted by atomic mass is 15.0. The first-order valence-corrected chi connectivity index (χ1v) is 7.86. The molecule has 1 saturated carbocycles. The second kappa shape index (κ2) is 7.41. The Balaban J connectivity index is 2.32. The molecule has 1 aliphatic carbocycles. The fraction of sp³-hybridized carbons (Fsp3) is 1.00. The monoisotopic (exact) mass is 239 g/mol. The van der Waals surface area contributed by atoms with E-state index in [2.05, 4.69) is 39.9 Å².